The van der Waals surface area contributed by atoms with E-state index >= 15 is 0 Å². The second-order valence-electron chi connectivity index (χ2n) is 17.3. The Morgan fingerprint density at radius 1 is 0.312 bits per heavy atom. The van der Waals surface area contributed by atoms with Crippen LogP contribution in [-0.4, -0.2) is 39.0 Å². The van der Waals surface area contributed by atoms with Gasteiger partial charge in [0.2, 0.25) is 0 Å². The van der Waals surface area contributed by atoms with Crippen LogP contribution in [0.2, 0.25) is 0 Å². The summed E-state index contributed by atoms with van der Waals surface area (Å²) in [6.07, 6.45) is 0. The summed E-state index contributed by atoms with van der Waals surface area (Å²) in [6, 6.07) is 48.9. The van der Waals surface area contributed by atoms with Gasteiger partial charge in [0.25, 0.3) is 0 Å². The fourth-order valence-electron chi connectivity index (χ4n) is 9.65. The summed E-state index contributed by atoms with van der Waals surface area (Å²) >= 11 is 0. The first kappa shape index (κ1) is 39.0. The van der Waals surface area contributed by atoms with Crippen LogP contribution in [0.1, 0.15) is 45.6 Å². The average Bonchev–Trinajstić information content (AvgIpc) is 3.76. The van der Waals surface area contributed by atoms with E-state index in [1.165, 1.54) is 43.8 Å². The van der Waals surface area contributed by atoms with Crippen LogP contribution in [0.5, 0.6) is 0 Å². The predicted octanol–water partition coefficient (Wildman–Crippen LogP) is 13.4. The highest BCUT2D eigenvalue weighted by Crippen LogP contribution is 2.43. The van der Waals surface area contributed by atoms with E-state index in [4.69, 9.17) is 19.9 Å². The minimum atomic E-state index is 0.636. The molecule has 310 valence electrons. The molecule has 0 radical (unpaired) electrons. The Hall–Kier alpha value is -7.84. The lowest BCUT2D eigenvalue weighted by Crippen LogP contribution is -2.04. The number of aromatic nitrogens is 8. The molecule has 0 unspecified atom stereocenters. The SMILES string of the molecule is Cc1ccc2c(c1)c1cc(C)ccc1n2-c1ccc(-c2cccc(-c3c(-c4nc(C)nc(C)n4)cccc3-n3c4ccc(C)cc4c4cc(C)ccc43)c2)cc1-c1nc(C)nc(C)n1. The van der Waals surface area contributed by atoms with Crippen molar-refractivity contribution in [2.45, 2.75) is 55.4 Å². The van der Waals surface area contributed by atoms with E-state index in [0.29, 0.717) is 34.9 Å². The van der Waals surface area contributed by atoms with Gasteiger partial charge in [-0.25, -0.2) is 29.9 Å². The van der Waals surface area contributed by atoms with Gasteiger partial charge in [0.05, 0.1) is 33.4 Å². The Bertz CT molecular complexity index is 3560. The standard InChI is InChI=1S/C56H46N8/c1-31-15-20-48-43(25-31)44-26-32(2)16-21-49(44)63(48)52-24-19-40(30-47(52)56-61-37(7)58-38(8)62-56)39-11-9-12-41(29-39)54-42(55-59-35(5)57-36(6)60-55)13-10-14-53(54)64-50-22-17-33(3)27-45(50)46-28-34(4)18-23-51(46)64/h9-30H,1-8H3. The van der Waals surface area contributed by atoms with Gasteiger partial charge >= 0.3 is 0 Å². The van der Waals surface area contributed by atoms with E-state index in [2.05, 4.69) is 180 Å². The molecule has 64 heavy (non-hydrogen) atoms. The van der Waals surface area contributed by atoms with Crippen molar-refractivity contribution >= 4 is 43.6 Å². The molecule has 8 nitrogen and oxygen atoms in total. The molecule has 0 N–H and O–H groups in total. The predicted molar refractivity (Wildman–Crippen MR) is 262 cm³/mol. The van der Waals surface area contributed by atoms with E-state index in [1.54, 1.807) is 0 Å². The molecular weight excluding hydrogens is 785 g/mol. The van der Waals surface area contributed by atoms with Crippen LogP contribution in [0.15, 0.2) is 133 Å². The topological polar surface area (TPSA) is 87.2 Å². The molecule has 11 aromatic rings. The molecule has 0 amide bonds. The van der Waals surface area contributed by atoms with Gasteiger partial charge in [-0.1, -0.05) is 82.9 Å². The van der Waals surface area contributed by atoms with Gasteiger partial charge in [0, 0.05) is 38.2 Å². The molecule has 0 bridgehead atoms. The molecule has 8 heteroatoms. The monoisotopic (exact) mass is 830 g/mol. The third-order valence-corrected chi connectivity index (χ3v) is 12.4. The lowest BCUT2D eigenvalue weighted by molar-refractivity contribution is 0.926. The molecule has 7 aromatic carbocycles. The van der Waals surface area contributed by atoms with Gasteiger partial charge in [-0.3, -0.25) is 0 Å². The van der Waals surface area contributed by atoms with E-state index in [0.717, 1.165) is 66.8 Å². The third-order valence-electron chi connectivity index (χ3n) is 12.4. The fraction of sp³-hybridized carbons (Fsp3) is 0.143. The van der Waals surface area contributed by atoms with E-state index in [1.807, 2.05) is 27.7 Å². The Morgan fingerprint density at radius 2 is 0.719 bits per heavy atom. The Kier molecular flexibility index (Phi) is 9.10. The summed E-state index contributed by atoms with van der Waals surface area (Å²) in [4.78, 5) is 28.9. The molecule has 4 heterocycles. The van der Waals surface area contributed by atoms with Crippen LogP contribution in [0, 0.1) is 55.4 Å². The molecule has 0 saturated carbocycles. The van der Waals surface area contributed by atoms with Crippen molar-refractivity contribution in [1.29, 1.82) is 0 Å². The summed E-state index contributed by atoms with van der Waals surface area (Å²) in [7, 11) is 0. The summed E-state index contributed by atoms with van der Waals surface area (Å²) in [6.45, 7) is 16.3. The molecule has 0 aliphatic heterocycles. The maximum absolute atomic E-state index is 4.97. The van der Waals surface area contributed by atoms with Crippen molar-refractivity contribution in [3.63, 3.8) is 0 Å². The third kappa shape index (κ3) is 6.52. The summed E-state index contributed by atoms with van der Waals surface area (Å²) in [5, 5.41) is 4.88. The van der Waals surface area contributed by atoms with Gasteiger partial charge in [-0.05, 0) is 145 Å². The molecule has 0 aliphatic rings. The minimum absolute atomic E-state index is 0.636. The van der Waals surface area contributed by atoms with Crippen molar-refractivity contribution in [3.8, 4) is 56.4 Å². The largest absolute Gasteiger partial charge is 0.309 e. The van der Waals surface area contributed by atoms with Crippen LogP contribution in [0.3, 0.4) is 0 Å². The van der Waals surface area contributed by atoms with Crippen molar-refractivity contribution in [1.82, 2.24) is 39.0 Å². The molecule has 0 saturated heterocycles. The van der Waals surface area contributed by atoms with Crippen LogP contribution in [-0.2, 0) is 0 Å². The summed E-state index contributed by atoms with van der Waals surface area (Å²) in [5.41, 5.74) is 17.5. The highest BCUT2D eigenvalue weighted by Gasteiger charge is 2.23. The van der Waals surface area contributed by atoms with Gasteiger partial charge in [-0.15, -0.1) is 0 Å². The summed E-state index contributed by atoms with van der Waals surface area (Å²) in [5.74, 6) is 4.00. The number of benzene rings is 7. The first-order valence-corrected chi connectivity index (χ1v) is 21.8. The van der Waals surface area contributed by atoms with E-state index < -0.39 is 0 Å². The summed E-state index contributed by atoms with van der Waals surface area (Å²) < 4.78 is 4.77. The van der Waals surface area contributed by atoms with Gasteiger partial charge < -0.3 is 9.13 Å². The van der Waals surface area contributed by atoms with Crippen molar-refractivity contribution < 1.29 is 0 Å². The quantitative estimate of drug-likeness (QED) is 0.166. The second-order valence-corrected chi connectivity index (χ2v) is 17.3. The van der Waals surface area contributed by atoms with Crippen molar-refractivity contribution in [2.75, 3.05) is 0 Å². The molecule has 0 fully saturated rings. The molecule has 11 rings (SSSR count). The zero-order valence-corrected chi connectivity index (χ0v) is 37.3. The van der Waals surface area contributed by atoms with E-state index in [9.17, 15) is 0 Å². The number of hydrogen-bond donors (Lipinski definition) is 0. The van der Waals surface area contributed by atoms with Gasteiger partial charge in [0.15, 0.2) is 11.6 Å². The van der Waals surface area contributed by atoms with Crippen molar-refractivity contribution in [2.24, 2.45) is 0 Å². The molecule has 0 aliphatic carbocycles. The smallest absolute Gasteiger partial charge is 0.165 e. The minimum Gasteiger partial charge on any atom is -0.309 e. The molecule has 4 aromatic heterocycles. The highest BCUT2D eigenvalue weighted by atomic mass is 15.1. The van der Waals surface area contributed by atoms with Crippen LogP contribution in [0.25, 0.3) is 100 Å². The first-order chi connectivity index (χ1) is 31.0. The van der Waals surface area contributed by atoms with Gasteiger partial charge in [0.1, 0.15) is 23.3 Å². The Morgan fingerprint density at radius 3 is 1.20 bits per heavy atom. The lowest BCUT2D eigenvalue weighted by atomic mass is 9.93. The fourth-order valence-corrected chi connectivity index (χ4v) is 9.65. The van der Waals surface area contributed by atoms with Crippen LogP contribution < -0.4 is 0 Å². The molecular formula is C56H46N8. The van der Waals surface area contributed by atoms with E-state index in [-0.39, 0.29) is 0 Å². The molecule has 0 spiro atoms. The molecule has 0 atom stereocenters. The average molecular weight is 831 g/mol. The van der Waals surface area contributed by atoms with Crippen LogP contribution >= 0.6 is 0 Å². The normalized spacial score (nSPS) is 11.8. The second kappa shape index (κ2) is 14.9. The number of hydrogen-bond acceptors (Lipinski definition) is 6. The highest BCUT2D eigenvalue weighted by molar-refractivity contribution is 6.11. The lowest BCUT2D eigenvalue weighted by Gasteiger charge is -2.19. The number of nitrogens with zero attached hydrogens (tertiary/aromatic N) is 8. The number of fused-ring (bicyclic) bond motifs is 6. The maximum Gasteiger partial charge on any atom is 0.165 e. The number of aryl methyl sites for hydroxylation is 8. The Balaban J connectivity index is 1.17. The first-order valence-electron chi connectivity index (χ1n) is 21.8. The van der Waals surface area contributed by atoms with Crippen molar-refractivity contribution in [3.05, 3.63) is 179 Å². The van der Waals surface area contributed by atoms with Gasteiger partial charge in [-0.2, -0.15) is 0 Å². The Labute approximate surface area is 372 Å². The zero-order valence-electron chi connectivity index (χ0n) is 37.3. The number of rotatable bonds is 6. The zero-order chi connectivity index (χ0) is 44.0. The maximum atomic E-state index is 4.97. The van der Waals surface area contributed by atoms with Crippen LogP contribution in [0.4, 0.5) is 0 Å².